The molecule has 1 aromatic carbocycles. The fourth-order valence-corrected chi connectivity index (χ4v) is 1.77. The highest BCUT2D eigenvalue weighted by Crippen LogP contribution is 2.12. The smallest absolute Gasteiger partial charge is 0.323 e. The van der Waals surface area contributed by atoms with E-state index in [9.17, 15) is 9.59 Å². The summed E-state index contributed by atoms with van der Waals surface area (Å²) in [6, 6.07) is 6.21. The van der Waals surface area contributed by atoms with E-state index in [1.165, 1.54) is 0 Å². The average molecular weight is 375 g/mol. The first-order valence-electron chi connectivity index (χ1n) is 5.96. The maximum atomic E-state index is 11.9. The zero-order valence-electron chi connectivity index (χ0n) is 11.3. The summed E-state index contributed by atoms with van der Waals surface area (Å²) in [5, 5.41) is 0. The summed E-state index contributed by atoms with van der Waals surface area (Å²) in [4.78, 5) is 23.6. The molecule has 1 unspecified atom stereocenters. The number of ether oxygens (including phenoxy) is 1. The van der Waals surface area contributed by atoms with Crippen LogP contribution < -0.4 is 5.73 Å². The molecule has 5 heteroatoms. The van der Waals surface area contributed by atoms with Gasteiger partial charge in [-0.1, -0.05) is 12.1 Å². The minimum atomic E-state index is -0.925. The van der Waals surface area contributed by atoms with Gasteiger partial charge in [0, 0.05) is 15.6 Å². The molecule has 0 radical (unpaired) electrons. The second kappa shape index (κ2) is 6.47. The van der Waals surface area contributed by atoms with Crippen LogP contribution in [-0.2, 0) is 9.53 Å². The van der Waals surface area contributed by atoms with Crippen molar-refractivity contribution in [2.75, 3.05) is 0 Å². The number of ketones is 1. The van der Waals surface area contributed by atoms with Gasteiger partial charge in [0.1, 0.15) is 11.6 Å². The highest BCUT2D eigenvalue weighted by Gasteiger charge is 2.24. The van der Waals surface area contributed by atoms with Gasteiger partial charge in [-0.25, -0.2) is 0 Å². The lowest BCUT2D eigenvalue weighted by molar-refractivity contribution is -0.156. The Bertz CT molecular complexity index is 463. The molecule has 0 aromatic heterocycles. The lowest BCUT2D eigenvalue weighted by atomic mass is 10.0. The molecule has 1 rings (SSSR count). The number of benzene rings is 1. The molecule has 4 nitrogen and oxygen atoms in total. The van der Waals surface area contributed by atoms with E-state index in [1.807, 2.05) is 12.1 Å². The van der Waals surface area contributed by atoms with Crippen molar-refractivity contribution in [3.8, 4) is 0 Å². The molecule has 0 aliphatic heterocycles. The first kappa shape index (κ1) is 16.1. The van der Waals surface area contributed by atoms with Gasteiger partial charge in [0.05, 0.1) is 0 Å². The predicted molar refractivity (Wildman–Crippen MR) is 81.9 cm³/mol. The van der Waals surface area contributed by atoms with Crippen LogP contribution in [0.4, 0.5) is 0 Å². The van der Waals surface area contributed by atoms with E-state index in [-0.39, 0.29) is 12.2 Å². The van der Waals surface area contributed by atoms with Crippen molar-refractivity contribution in [2.45, 2.75) is 38.8 Å². The van der Waals surface area contributed by atoms with Crippen molar-refractivity contribution >= 4 is 34.3 Å². The van der Waals surface area contributed by atoms with E-state index < -0.39 is 17.6 Å². The standard InChI is InChI=1S/C14H18INO3/c1-14(2,3)19-13(18)11(16)8-12(17)9-4-6-10(15)7-5-9/h4-7,11H,8,16H2,1-3H3. The van der Waals surface area contributed by atoms with E-state index in [0.29, 0.717) is 5.56 Å². The molecule has 0 spiro atoms. The molecule has 1 atom stereocenters. The van der Waals surface area contributed by atoms with Crippen molar-refractivity contribution in [3.63, 3.8) is 0 Å². The molecular weight excluding hydrogens is 357 g/mol. The number of halogens is 1. The van der Waals surface area contributed by atoms with Crippen molar-refractivity contribution in [3.05, 3.63) is 33.4 Å². The van der Waals surface area contributed by atoms with Gasteiger partial charge in [-0.2, -0.15) is 0 Å². The summed E-state index contributed by atoms with van der Waals surface area (Å²) < 4.78 is 6.18. The van der Waals surface area contributed by atoms with Crippen LogP contribution in [0.2, 0.25) is 0 Å². The quantitative estimate of drug-likeness (QED) is 0.499. The normalized spacial score (nSPS) is 12.9. The average Bonchev–Trinajstić information content (AvgIpc) is 2.27. The maximum absolute atomic E-state index is 11.9. The minimum absolute atomic E-state index is 0.0461. The summed E-state index contributed by atoms with van der Waals surface area (Å²) in [7, 11) is 0. The minimum Gasteiger partial charge on any atom is -0.459 e. The maximum Gasteiger partial charge on any atom is 0.323 e. The first-order valence-corrected chi connectivity index (χ1v) is 7.04. The highest BCUT2D eigenvalue weighted by molar-refractivity contribution is 14.1. The molecule has 104 valence electrons. The van der Waals surface area contributed by atoms with Gasteiger partial charge in [-0.15, -0.1) is 0 Å². The Morgan fingerprint density at radius 1 is 1.26 bits per heavy atom. The number of nitrogens with two attached hydrogens (primary N) is 1. The van der Waals surface area contributed by atoms with Gasteiger partial charge in [-0.05, 0) is 55.5 Å². The van der Waals surface area contributed by atoms with E-state index in [1.54, 1.807) is 32.9 Å². The number of Topliss-reactive ketones (excluding diaryl/α,β-unsaturated/α-hetero) is 1. The Hall–Kier alpha value is -0.950. The summed E-state index contributed by atoms with van der Waals surface area (Å²) in [6.45, 7) is 5.29. The topological polar surface area (TPSA) is 69.4 Å². The van der Waals surface area contributed by atoms with Gasteiger partial charge >= 0.3 is 5.97 Å². The molecule has 0 saturated carbocycles. The number of esters is 1. The lowest BCUT2D eigenvalue weighted by Gasteiger charge is -2.21. The molecule has 19 heavy (non-hydrogen) atoms. The molecule has 0 amide bonds. The molecule has 0 heterocycles. The SMILES string of the molecule is CC(C)(C)OC(=O)C(N)CC(=O)c1ccc(I)cc1. The number of hydrogen-bond donors (Lipinski definition) is 1. The molecular formula is C14H18INO3. The molecule has 0 aliphatic carbocycles. The van der Waals surface area contributed by atoms with Gasteiger partial charge in [-0.3, -0.25) is 9.59 Å². The van der Waals surface area contributed by atoms with Crippen LogP contribution in [-0.4, -0.2) is 23.4 Å². The Balaban J connectivity index is 2.61. The number of carbonyl (C=O) groups is 2. The molecule has 2 N–H and O–H groups in total. The van der Waals surface area contributed by atoms with E-state index in [4.69, 9.17) is 10.5 Å². The van der Waals surface area contributed by atoms with Crippen LogP contribution in [0.1, 0.15) is 37.6 Å². The molecule has 0 saturated heterocycles. The second-order valence-electron chi connectivity index (χ2n) is 5.27. The van der Waals surface area contributed by atoms with Crippen LogP contribution >= 0.6 is 22.6 Å². The third kappa shape index (κ3) is 5.69. The fourth-order valence-electron chi connectivity index (χ4n) is 1.41. The first-order chi connectivity index (χ1) is 8.69. The van der Waals surface area contributed by atoms with Gasteiger partial charge in [0.25, 0.3) is 0 Å². The van der Waals surface area contributed by atoms with Crippen LogP contribution in [0.25, 0.3) is 0 Å². The van der Waals surface area contributed by atoms with E-state index in [2.05, 4.69) is 22.6 Å². The lowest BCUT2D eigenvalue weighted by Crippen LogP contribution is -2.38. The Kier molecular flexibility index (Phi) is 5.49. The molecule has 1 aromatic rings. The largest absolute Gasteiger partial charge is 0.459 e. The summed E-state index contributed by atoms with van der Waals surface area (Å²) in [6.07, 6.45) is -0.0461. The van der Waals surface area contributed by atoms with Crippen molar-refractivity contribution < 1.29 is 14.3 Å². The zero-order chi connectivity index (χ0) is 14.6. The third-order valence-electron chi connectivity index (χ3n) is 2.28. The Morgan fingerprint density at radius 2 is 1.79 bits per heavy atom. The fraction of sp³-hybridized carbons (Fsp3) is 0.429. The molecule has 0 aliphatic rings. The predicted octanol–water partition coefficient (Wildman–Crippen LogP) is 2.53. The van der Waals surface area contributed by atoms with E-state index >= 15 is 0 Å². The second-order valence-corrected chi connectivity index (χ2v) is 6.52. The van der Waals surface area contributed by atoms with Crippen LogP contribution in [0.15, 0.2) is 24.3 Å². The van der Waals surface area contributed by atoms with Crippen molar-refractivity contribution in [1.29, 1.82) is 0 Å². The summed E-state index contributed by atoms with van der Waals surface area (Å²) in [5.74, 6) is -0.707. The van der Waals surface area contributed by atoms with Crippen molar-refractivity contribution in [1.82, 2.24) is 0 Å². The summed E-state index contributed by atoms with van der Waals surface area (Å²) >= 11 is 2.16. The van der Waals surface area contributed by atoms with Gasteiger partial charge in [0.15, 0.2) is 5.78 Å². The number of rotatable bonds is 4. The number of hydrogen-bond acceptors (Lipinski definition) is 4. The van der Waals surface area contributed by atoms with Crippen molar-refractivity contribution in [2.24, 2.45) is 5.73 Å². The third-order valence-corrected chi connectivity index (χ3v) is 3.00. The van der Waals surface area contributed by atoms with Crippen LogP contribution in [0, 0.1) is 3.57 Å². The Morgan fingerprint density at radius 3 is 2.26 bits per heavy atom. The Labute approximate surface area is 126 Å². The zero-order valence-corrected chi connectivity index (χ0v) is 13.4. The highest BCUT2D eigenvalue weighted by atomic mass is 127. The van der Waals surface area contributed by atoms with E-state index in [0.717, 1.165) is 3.57 Å². The van der Waals surface area contributed by atoms with Gasteiger partial charge in [0.2, 0.25) is 0 Å². The molecule has 0 fully saturated rings. The summed E-state index contributed by atoms with van der Waals surface area (Å²) in [5.41, 5.74) is 5.65. The van der Waals surface area contributed by atoms with Crippen LogP contribution in [0.3, 0.4) is 0 Å². The number of carbonyl (C=O) groups excluding carboxylic acids is 2. The molecule has 0 bridgehead atoms. The van der Waals surface area contributed by atoms with Gasteiger partial charge < -0.3 is 10.5 Å². The van der Waals surface area contributed by atoms with Crippen LogP contribution in [0.5, 0.6) is 0 Å². The monoisotopic (exact) mass is 375 g/mol.